The third-order valence-corrected chi connectivity index (χ3v) is 5.83. The lowest BCUT2D eigenvalue weighted by atomic mass is 10.1. The van der Waals surface area contributed by atoms with Crippen LogP contribution in [0.1, 0.15) is 38.8 Å². The van der Waals surface area contributed by atoms with E-state index in [1.165, 1.54) is 36.4 Å². The number of nitrogens with one attached hydrogen (secondary N) is 2. The van der Waals surface area contributed by atoms with E-state index in [-0.39, 0.29) is 35.3 Å². The molecule has 2 unspecified atom stereocenters. The summed E-state index contributed by atoms with van der Waals surface area (Å²) in [5.74, 6) is -0.297. The van der Waals surface area contributed by atoms with E-state index in [4.69, 9.17) is 4.74 Å². The molecule has 2 aromatic carbocycles. The van der Waals surface area contributed by atoms with Gasteiger partial charge >= 0.3 is 0 Å². The molecule has 0 fully saturated rings. The Morgan fingerprint density at radius 2 is 1.68 bits per heavy atom. The monoisotopic (exact) mass is 408 g/mol. The Balaban J connectivity index is 1.88. The fraction of sp³-hybridized carbons (Fsp3) is 0.350. The molecule has 2 rings (SSSR count). The zero-order valence-corrected chi connectivity index (χ0v) is 16.9. The van der Waals surface area contributed by atoms with Crippen molar-refractivity contribution in [2.24, 2.45) is 0 Å². The largest absolute Gasteiger partial charge is 0.484 e. The van der Waals surface area contributed by atoms with Crippen LogP contribution < -0.4 is 14.8 Å². The summed E-state index contributed by atoms with van der Waals surface area (Å²) in [4.78, 5) is 12.2. The first-order valence-corrected chi connectivity index (χ1v) is 10.5. The minimum atomic E-state index is -3.58. The van der Waals surface area contributed by atoms with Crippen molar-refractivity contribution in [3.8, 4) is 5.75 Å². The van der Waals surface area contributed by atoms with Crippen LogP contribution in [-0.4, -0.2) is 27.0 Å². The van der Waals surface area contributed by atoms with Crippen molar-refractivity contribution in [1.29, 1.82) is 0 Å². The molecule has 0 bridgehead atoms. The number of amides is 1. The summed E-state index contributed by atoms with van der Waals surface area (Å²) in [6.07, 6.45) is 0.686. The van der Waals surface area contributed by atoms with Gasteiger partial charge < -0.3 is 10.1 Å². The van der Waals surface area contributed by atoms with Gasteiger partial charge in [-0.1, -0.05) is 19.1 Å². The van der Waals surface area contributed by atoms with Gasteiger partial charge in [0.15, 0.2) is 6.61 Å². The van der Waals surface area contributed by atoms with Crippen molar-refractivity contribution in [2.75, 3.05) is 6.61 Å². The highest BCUT2D eigenvalue weighted by Gasteiger charge is 2.16. The van der Waals surface area contributed by atoms with E-state index < -0.39 is 10.0 Å². The molecular formula is C20H25FN2O4S. The molecule has 0 saturated carbocycles. The van der Waals surface area contributed by atoms with Crippen LogP contribution in [0.2, 0.25) is 0 Å². The molecule has 0 aromatic heterocycles. The third kappa shape index (κ3) is 6.31. The first kappa shape index (κ1) is 21.8. The van der Waals surface area contributed by atoms with E-state index in [2.05, 4.69) is 10.0 Å². The van der Waals surface area contributed by atoms with E-state index in [0.717, 1.165) is 5.56 Å². The SMILES string of the molecule is CCC(C)NS(=O)(=O)c1ccc(OCC(=O)NC(C)c2ccc(F)cc2)cc1. The number of carbonyl (C=O) groups is 1. The molecule has 2 atom stereocenters. The Bertz CT molecular complexity index is 883. The topological polar surface area (TPSA) is 84.5 Å². The van der Waals surface area contributed by atoms with Gasteiger partial charge in [-0.15, -0.1) is 0 Å². The molecule has 2 aromatic rings. The maximum absolute atomic E-state index is 13.0. The molecule has 8 heteroatoms. The number of hydrogen-bond acceptors (Lipinski definition) is 4. The minimum Gasteiger partial charge on any atom is -0.484 e. The van der Waals surface area contributed by atoms with Gasteiger partial charge in [0.2, 0.25) is 10.0 Å². The molecule has 6 nitrogen and oxygen atoms in total. The van der Waals surface area contributed by atoms with Crippen molar-refractivity contribution in [1.82, 2.24) is 10.0 Å². The van der Waals surface area contributed by atoms with Crippen molar-refractivity contribution in [2.45, 2.75) is 44.2 Å². The van der Waals surface area contributed by atoms with Gasteiger partial charge in [0.05, 0.1) is 10.9 Å². The highest BCUT2D eigenvalue weighted by atomic mass is 32.2. The molecule has 2 N–H and O–H groups in total. The molecule has 0 saturated heterocycles. The second kappa shape index (κ2) is 9.66. The Morgan fingerprint density at radius 1 is 1.07 bits per heavy atom. The molecular weight excluding hydrogens is 383 g/mol. The van der Waals surface area contributed by atoms with Crippen molar-refractivity contribution in [3.63, 3.8) is 0 Å². The molecule has 0 heterocycles. The minimum absolute atomic E-state index is 0.134. The smallest absolute Gasteiger partial charge is 0.258 e. The van der Waals surface area contributed by atoms with Crippen molar-refractivity contribution in [3.05, 3.63) is 59.9 Å². The summed E-state index contributed by atoms with van der Waals surface area (Å²) in [7, 11) is -3.58. The maximum Gasteiger partial charge on any atom is 0.258 e. The number of halogens is 1. The Labute approximate surface area is 165 Å². The van der Waals surface area contributed by atoms with Crippen molar-refractivity contribution < 1.29 is 22.3 Å². The first-order valence-electron chi connectivity index (χ1n) is 9.01. The predicted molar refractivity (Wildman–Crippen MR) is 105 cm³/mol. The zero-order chi connectivity index (χ0) is 20.7. The maximum atomic E-state index is 13.0. The van der Waals surface area contributed by atoms with Gasteiger partial charge in [0.1, 0.15) is 11.6 Å². The average molecular weight is 408 g/mol. The molecule has 152 valence electrons. The molecule has 0 aliphatic carbocycles. The molecule has 0 aliphatic heterocycles. The third-order valence-electron chi connectivity index (χ3n) is 4.22. The highest BCUT2D eigenvalue weighted by molar-refractivity contribution is 7.89. The molecule has 1 amide bonds. The van der Waals surface area contributed by atoms with E-state index in [1.807, 2.05) is 6.92 Å². The van der Waals surface area contributed by atoms with Gasteiger partial charge in [0.25, 0.3) is 5.91 Å². The first-order chi connectivity index (χ1) is 13.2. The second-order valence-corrected chi connectivity index (χ2v) is 8.25. The van der Waals surface area contributed by atoms with Crippen LogP contribution in [0, 0.1) is 5.82 Å². The number of ether oxygens (including phenoxy) is 1. The predicted octanol–water partition coefficient (Wildman–Crippen LogP) is 3.16. The van der Waals surface area contributed by atoms with Crippen LogP contribution in [0.5, 0.6) is 5.75 Å². The highest BCUT2D eigenvalue weighted by Crippen LogP contribution is 2.17. The normalized spacial score (nSPS) is 13.6. The van der Waals surface area contributed by atoms with E-state index >= 15 is 0 Å². The van der Waals surface area contributed by atoms with Crippen LogP contribution in [0.4, 0.5) is 4.39 Å². The van der Waals surface area contributed by atoms with E-state index in [0.29, 0.717) is 12.2 Å². The number of benzene rings is 2. The lowest BCUT2D eigenvalue weighted by Crippen LogP contribution is -2.32. The number of rotatable bonds is 9. The van der Waals surface area contributed by atoms with Gasteiger partial charge in [-0.3, -0.25) is 4.79 Å². The quantitative estimate of drug-likeness (QED) is 0.668. The zero-order valence-electron chi connectivity index (χ0n) is 16.1. The Kier molecular flexibility index (Phi) is 7.53. The molecule has 28 heavy (non-hydrogen) atoms. The summed E-state index contributed by atoms with van der Waals surface area (Å²) in [5.41, 5.74) is 0.776. The fourth-order valence-corrected chi connectivity index (χ4v) is 3.72. The molecule has 0 spiro atoms. The van der Waals surface area contributed by atoms with Crippen LogP contribution >= 0.6 is 0 Å². The summed E-state index contributed by atoms with van der Waals surface area (Å²) in [6.45, 7) is 5.25. The van der Waals surface area contributed by atoms with Gasteiger partial charge in [-0.25, -0.2) is 17.5 Å². The summed E-state index contributed by atoms with van der Waals surface area (Å²) < 4.78 is 45.4. The molecule has 0 aliphatic rings. The van der Waals surface area contributed by atoms with E-state index in [1.54, 1.807) is 26.0 Å². The van der Waals surface area contributed by atoms with Gasteiger partial charge in [-0.05, 0) is 62.2 Å². The summed E-state index contributed by atoms with van der Waals surface area (Å²) >= 11 is 0. The lowest BCUT2D eigenvalue weighted by Gasteiger charge is -2.15. The molecule has 0 radical (unpaired) electrons. The van der Waals surface area contributed by atoms with Crippen LogP contribution in [-0.2, 0) is 14.8 Å². The Hall–Kier alpha value is -2.45. The Morgan fingerprint density at radius 3 is 2.25 bits per heavy atom. The van der Waals surface area contributed by atoms with Gasteiger partial charge in [0, 0.05) is 6.04 Å². The van der Waals surface area contributed by atoms with Crippen molar-refractivity contribution >= 4 is 15.9 Å². The van der Waals surface area contributed by atoms with Gasteiger partial charge in [-0.2, -0.15) is 0 Å². The number of hydrogen-bond donors (Lipinski definition) is 2. The average Bonchev–Trinajstić information content (AvgIpc) is 2.66. The van der Waals surface area contributed by atoms with Crippen LogP contribution in [0.15, 0.2) is 53.4 Å². The van der Waals surface area contributed by atoms with E-state index in [9.17, 15) is 17.6 Å². The number of carbonyl (C=O) groups excluding carboxylic acids is 1. The summed E-state index contributed by atoms with van der Waals surface area (Å²) in [6, 6.07) is 11.3. The van der Waals surface area contributed by atoms with Crippen LogP contribution in [0.25, 0.3) is 0 Å². The second-order valence-electron chi connectivity index (χ2n) is 6.53. The number of sulfonamides is 1. The lowest BCUT2D eigenvalue weighted by molar-refractivity contribution is -0.123. The summed E-state index contributed by atoms with van der Waals surface area (Å²) in [5, 5.41) is 2.76. The standard InChI is InChI=1S/C20H25FN2O4S/c1-4-14(2)23-28(25,26)19-11-9-18(10-12-19)27-13-20(24)22-15(3)16-5-7-17(21)8-6-16/h5-12,14-15,23H,4,13H2,1-3H3,(H,22,24). The fourth-order valence-electron chi connectivity index (χ4n) is 2.40. The van der Waals surface area contributed by atoms with Crippen LogP contribution in [0.3, 0.4) is 0 Å².